The second-order valence-electron chi connectivity index (χ2n) is 8.43. The van der Waals surface area contributed by atoms with Crippen molar-refractivity contribution >= 4 is 30.6 Å². The van der Waals surface area contributed by atoms with E-state index in [1.165, 1.54) is 0 Å². The molecule has 0 bridgehead atoms. The lowest BCUT2D eigenvalue weighted by Gasteiger charge is -2.30. The van der Waals surface area contributed by atoms with Crippen LogP contribution in [0.25, 0.3) is 0 Å². The normalized spacial score (nSPS) is 13.0. The van der Waals surface area contributed by atoms with Gasteiger partial charge in [-0.15, -0.1) is 0 Å². The molecule has 2 atom stereocenters. The number of rotatable bonds is 12. The minimum absolute atomic E-state index is 0.0569. The van der Waals surface area contributed by atoms with Gasteiger partial charge in [-0.1, -0.05) is 78.4 Å². The van der Waals surface area contributed by atoms with Crippen LogP contribution in [0.2, 0.25) is 0 Å². The van der Waals surface area contributed by atoms with Crippen LogP contribution in [-0.4, -0.2) is 37.7 Å². The molecule has 0 saturated carbocycles. The second-order valence-corrected chi connectivity index (χ2v) is 11.1. The van der Waals surface area contributed by atoms with Crippen molar-refractivity contribution in [2.24, 2.45) is 0 Å². The average Bonchev–Trinajstić information content (AvgIpc) is 2.94. The standard InChI is InChI=1S/C28H32N3O6P/c1-3-36-26(33)19-30-38(35,24-16-14-21(2)15-17-24)27(23-12-8-5-9-13-23)31-25(32)18-29-28(34)37-20-22-10-6-4-7-11-22/h4-17,27H,3,18-20H2,1-2H3,(H,29,34)(H,30,35)(H,31,32). The number of carbonyl (C=O) groups is 3. The molecular weight excluding hydrogens is 505 g/mol. The Kier molecular flexibility index (Phi) is 10.6. The Bertz CT molecular complexity index is 1250. The quantitative estimate of drug-likeness (QED) is 0.237. The lowest BCUT2D eigenvalue weighted by Crippen LogP contribution is -2.42. The van der Waals surface area contributed by atoms with Crippen LogP contribution >= 0.6 is 7.29 Å². The summed E-state index contributed by atoms with van der Waals surface area (Å²) in [5.74, 6) is -2.18. The number of hydrogen-bond acceptors (Lipinski definition) is 6. The maximum absolute atomic E-state index is 14.6. The molecule has 0 fully saturated rings. The molecule has 3 rings (SSSR count). The molecule has 38 heavy (non-hydrogen) atoms. The number of carbonyl (C=O) groups excluding carboxylic acids is 3. The molecule has 2 amide bonds. The summed E-state index contributed by atoms with van der Waals surface area (Å²) in [5.41, 5.74) is 2.33. The number of hydrogen-bond donors (Lipinski definition) is 3. The van der Waals surface area contributed by atoms with E-state index in [9.17, 15) is 18.9 Å². The van der Waals surface area contributed by atoms with Gasteiger partial charge in [0.2, 0.25) is 13.2 Å². The van der Waals surface area contributed by atoms with Gasteiger partial charge in [-0.05, 0) is 37.1 Å². The number of benzene rings is 3. The van der Waals surface area contributed by atoms with Crippen LogP contribution in [0.3, 0.4) is 0 Å². The van der Waals surface area contributed by atoms with E-state index in [1.54, 1.807) is 49.4 Å². The Labute approximate surface area is 222 Å². The summed E-state index contributed by atoms with van der Waals surface area (Å²) in [6, 6.07) is 25.0. The molecule has 0 aromatic heterocycles. The highest BCUT2D eigenvalue weighted by molar-refractivity contribution is 7.70. The molecule has 9 nitrogen and oxygen atoms in total. The molecule has 0 aliphatic rings. The Morgan fingerprint density at radius 2 is 1.47 bits per heavy atom. The maximum atomic E-state index is 14.6. The molecule has 0 heterocycles. The SMILES string of the molecule is CCOC(=O)CNP(=O)(c1ccc(C)cc1)C(NC(=O)CNC(=O)OCc1ccccc1)c1ccccc1. The van der Waals surface area contributed by atoms with Crippen LogP contribution in [0.5, 0.6) is 0 Å². The number of nitrogens with one attached hydrogen (secondary N) is 3. The van der Waals surface area contributed by atoms with Crippen molar-refractivity contribution < 1.29 is 28.4 Å². The van der Waals surface area contributed by atoms with Crippen LogP contribution in [0.4, 0.5) is 4.79 Å². The first kappa shape index (κ1) is 28.6. The monoisotopic (exact) mass is 537 g/mol. The lowest BCUT2D eigenvalue weighted by atomic mass is 10.2. The van der Waals surface area contributed by atoms with E-state index >= 15 is 0 Å². The Balaban J connectivity index is 1.79. The molecule has 3 aromatic carbocycles. The van der Waals surface area contributed by atoms with E-state index in [0.717, 1.165) is 11.1 Å². The fraction of sp³-hybridized carbons (Fsp3) is 0.250. The van der Waals surface area contributed by atoms with E-state index in [2.05, 4.69) is 15.7 Å². The first-order valence-electron chi connectivity index (χ1n) is 12.2. The number of ether oxygens (including phenoxy) is 2. The summed E-state index contributed by atoms with van der Waals surface area (Å²) < 4.78 is 24.8. The van der Waals surface area contributed by atoms with E-state index in [-0.39, 0.29) is 19.8 Å². The summed E-state index contributed by atoms with van der Waals surface area (Å²) in [4.78, 5) is 37.2. The van der Waals surface area contributed by atoms with Gasteiger partial charge in [0.1, 0.15) is 25.5 Å². The van der Waals surface area contributed by atoms with Crippen molar-refractivity contribution in [3.8, 4) is 0 Å². The van der Waals surface area contributed by atoms with Gasteiger partial charge in [-0.2, -0.15) is 0 Å². The van der Waals surface area contributed by atoms with Gasteiger partial charge in [0, 0.05) is 5.30 Å². The molecule has 10 heteroatoms. The largest absolute Gasteiger partial charge is 0.465 e. The zero-order chi connectivity index (χ0) is 27.4. The Morgan fingerprint density at radius 1 is 0.842 bits per heavy atom. The summed E-state index contributed by atoms with van der Waals surface area (Å²) in [6.45, 7) is 3.11. The molecule has 0 spiro atoms. The molecule has 0 saturated heterocycles. The molecule has 0 radical (unpaired) electrons. The summed E-state index contributed by atoms with van der Waals surface area (Å²) in [7, 11) is -3.68. The van der Waals surface area contributed by atoms with Crippen LogP contribution in [0.15, 0.2) is 84.9 Å². The smallest absolute Gasteiger partial charge is 0.407 e. The maximum Gasteiger partial charge on any atom is 0.407 e. The van der Waals surface area contributed by atoms with Crippen molar-refractivity contribution in [1.82, 2.24) is 15.7 Å². The van der Waals surface area contributed by atoms with Gasteiger partial charge >= 0.3 is 12.1 Å². The van der Waals surface area contributed by atoms with Crippen molar-refractivity contribution in [3.05, 3.63) is 102 Å². The van der Waals surface area contributed by atoms with Gasteiger partial charge in [-0.3, -0.25) is 19.2 Å². The van der Waals surface area contributed by atoms with Crippen molar-refractivity contribution in [2.45, 2.75) is 26.2 Å². The third-order valence-corrected chi connectivity index (χ3v) is 8.41. The van der Waals surface area contributed by atoms with Crippen LogP contribution in [-0.2, 0) is 30.2 Å². The minimum atomic E-state index is -3.68. The third-order valence-electron chi connectivity index (χ3n) is 5.56. The summed E-state index contributed by atoms with van der Waals surface area (Å²) >= 11 is 0. The topological polar surface area (TPSA) is 123 Å². The average molecular weight is 538 g/mol. The van der Waals surface area contributed by atoms with E-state index in [1.807, 2.05) is 49.4 Å². The van der Waals surface area contributed by atoms with Crippen LogP contribution in [0.1, 0.15) is 29.4 Å². The number of esters is 1. The third kappa shape index (κ3) is 8.30. The van der Waals surface area contributed by atoms with Crippen molar-refractivity contribution in [1.29, 1.82) is 0 Å². The van der Waals surface area contributed by atoms with Crippen LogP contribution in [0, 0.1) is 6.92 Å². The summed E-state index contributed by atoms with van der Waals surface area (Å²) in [6.07, 6.45) is -0.762. The highest BCUT2D eigenvalue weighted by Crippen LogP contribution is 2.53. The van der Waals surface area contributed by atoms with Gasteiger partial charge < -0.3 is 20.1 Å². The van der Waals surface area contributed by atoms with Crippen LogP contribution < -0.4 is 21.0 Å². The van der Waals surface area contributed by atoms with E-state index < -0.39 is 37.6 Å². The minimum Gasteiger partial charge on any atom is -0.465 e. The van der Waals surface area contributed by atoms with Crippen molar-refractivity contribution in [3.63, 3.8) is 0 Å². The predicted molar refractivity (Wildman–Crippen MR) is 145 cm³/mol. The number of alkyl carbamates (subject to hydrolysis) is 1. The van der Waals surface area contributed by atoms with E-state index in [0.29, 0.717) is 10.9 Å². The number of amides is 2. The number of aryl methyl sites for hydroxylation is 1. The molecule has 0 aliphatic heterocycles. The zero-order valence-electron chi connectivity index (χ0n) is 21.4. The molecule has 200 valence electrons. The molecular formula is C28H32N3O6P. The van der Waals surface area contributed by atoms with E-state index in [4.69, 9.17) is 9.47 Å². The fourth-order valence-electron chi connectivity index (χ4n) is 3.64. The van der Waals surface area contributed by atoms with Crippen molar-refractivity contribution in [2.75, 3.05) is 19.7 Å². The zero-order valence-corrected chi connectivity index (χ0v) is 22.3. The second kappa shape index (κ2) is 14.1. The lowest BCUT2D eigenvalue weighted by molar-refractivity contribution is -0.141. The molecule has 0 aliphatic carbocycles. The first-order chi connectivity index (χ1) is 18.3. The molecule has 2 unspecified atom stereocenters. The Hall–Kier alpha value is -3.94. The van der Waals surface area contributed by atoms with Gasteiger partial charge in [-0.25, -0.2) is 4.79 Å². The predicted octanol–water partition coefficient (Wildman–Crippen LogP) is 3.79. The Morgan fingerprint density at radius 3 is 2.11 bits per heavy atom. The molecule has 3 N–H and O–H groups in total. The fourth-order valence-corrected chi connectivity index (χ4v) is 6.18. The van der Waals surface area contributed by atoms with Gasteiger partial charge in [0.25, 0.3) is 0 Å². The highest BCUT2D eigenvalue weighted by atomic mass is 31.2. The highest BCUT2D eigenvalue weighted by Gasteiger charge is 2.37. The molecule has 3 aromatic rings. The summed E-state index contributed by atoms with van der Waals surface area (Å²) in [5, 5.41) is 8.51. The van der Waals surface area contributed by atoms with Gasteiger partial charge in [0.15, 0.2) is 0 Å². The first-order valence-corrected chi connectivity index (χ1v) is 14.0. The van der Waals surface area contributed by atoms with Gasteiger partial charge in [0.05, 0.1) is 6.61 Å².